The fourth-order valence-electron chi connectivity index (χ4n) is 1.46. The van der Waals surface area contributed by atoms with Gasteiger partial charge in [-0.25, -0.2) is 0 Å². The third kappa shape index (κ3) is 4.44. The molecule has 0 fully saturated rings. The smallest absolute Gasteiger partial charge is 0.119 e. The van der Waals surface area contributed by atoms with Crippen LogP contribution in [0.2, 0.25) is 0 Å². The Morgan fingerprint density at radius 3 is 2.89 bits per heavy atom. The van der Waals surface area contributed by atoms with Crippen molar-refractivity contribution in [1.29, 1.82) is 0 Å². The van der Waals surface area contributed by atoms with E-state index in [0.29, 0.717) is 13.2 Å². The molecule has 0 aliphatic rings. The van der Waals surface area contributed by atoms with E-state index in [0.717, 1.165) is 17.2 Å². The first-order chi connectivity index (χ1) is 8.84. The van der Waals surface area contributed by atoms with Gasteiger partial charge in [-0.1, -0.05) is 18.2 Å². The van der Waals surface area contributed by atoms with Gasteiger partial charge in [0.1, 0.15) is 18.5 Å². The summed E-state index contributed by atoms with van der Waals surface area (Å²) in [6.07, 6.45) is 1.31. The number of hydrogen-bond acceptors (Lipinski definition) is 5. The van der Waals surface area contributed by atoms with Crippen LogP contribution in [0.25, 0.3) is 0 Å². The molecule has 2 rings (SSSR count). The molecule has 0 aliphatic heterocycles. The Hall–Kier alpha value is -1.43. The molecule has 1 atom stereocenters. The Balaban J connectivity index is 1.62. The van der Waals surface area contributed by atoms with E-state index in [4.69, 9.17) is 4.74 Å². The lowest BCUT2D eigenvalue weighted by Gasteiger charge is -2.12. The Labute approximate surface area is 110 Å². The van der Waals surface area contributed by atoms with Gasteiger partial charge < -0.3 is 15.2 Å². The summed E-state index contributed by atoms with van der Waals surface area (Å²) in [6, 6.07) is 9.49. The number of aliphatic hydroxyl groups is 1. The minimum absolute atomic E-state index is 0.291. The number of thiazole rings is 1. The van der Waals surface area contributed by atoms with Crippen LogP contribution in [0.5, 0.6) is 5.75 Å². The van der Waals surface area contributed by atoms with E-state index in [-0.39, 0.29) is 0 Å². The van der Waals surface area contributed by atoms with Crippen LogP contribution in [0, 0.1) is 0 Å². The number of rotatable bonds is 7. The highest BCUT2D eigenvalue weighted by atomic mass is 32.1. The molecule has 18 heavy (non-hydrogen) atoms. The lowest BCUT2D eigenvalue weighted by Crippen LogP contribution is -2.30. The fourth-order valence-corrected chi connectivity index (χ4v) is 2.02. The fraction of sp³-hybridized carbons (Fsp3) is 0.308. The molecule has 96 valence electrons. The van der Waals surface area contributed by atoms with E-state index < -0.39 is 6.10 Å². The van der Waals surface area contributed by atoms with Gasteiger partial charge in [0, 0.05) is 24.2 Å². The summed E-state index contributed by atoms with van der Waals surface area (Å²) in [5.74, 6) is 0.777. The minimum Gasteiger partial charge on any atom is -0.491 e. The molecule has 1 aromatic heterocycles. The highest BCUT2D eigenvalue weighted by Crippen LogP contribution is 2.08. The number of hydrogen-bond donors (Lipinski definition) is 2. The van der Waals surface area contributed by atoms with Crippen molar-refractivity contribution in [2.75, 3.05) is 13.2 Å². The second-order valence-electron chi connectivity index (χ2n) is 3.88. The maximum Gasteiger partial charge on any atom is 0.119 e. The van der Waals surface area contributed by atoms with Gasteiger partial charge in [0.15, 0.2) is 0 Å². The number of para-hydroxylation sites is 1. The van der Waals surface area contributed by atoms with Crippen molar-refractivity contribution in [2.24, 2.45) is 0 Å². The number of aliphatic hydroxyl groups excluding tert-OH is 1. The molecule has 4 nitrogen and oxygen atoms in total. The molecule has 0 aliphatic carbocycles. The van der Waals surface area contributed by atoms with Crippen molar-refractivity contribution in [3.8, 4) is 5.75 Å². The monoisotopic (exact) mass is 264 g/mol. The molecule has 2 aromatic rings. The predicted octanol–water partition coefficient (Wildman–Crippen LogP) is 1.67. The van der Waals surface area contributed by atoms with Gasteiger partial charge in [-0.2, -0.15) is 0 Å². The summed E-state index contributed by atoms with van der Waals surface area (Å²) in [7, 11) is 0. The zero-order valence-electron chi connectivity index (χ0n) is 9.95. The number of nitrogens with zero attached hydrogens (tertiary/aromatic N) is 1. The average molecular weight is 264 g/mol. The van der Waals surface area contributed by atoms with E-state index in [1.807, 2.05) is 36.5 Å². The van der Waals surface area contributed by atoms with Crippen LogP contribution in [0.4, 0.5) is 0 Å². The van der Waals surface area contributed by atoms with E-state index in [9.17, 15) is 5.11 Å². The van der Waals surface area contributed by atoms with Crippen LogP contribution in [-0.4, -0.2) is 29.3 Å². The third-order valence-corrected chi connectivity index (χ3v) is 3.13. The highest BCUT2D eigenvalue weighted by Gasteiger charge is 2.05. The van der Waals surface area contributed by atoms with Gasteiger partial charge >= 0.3 is 0 Å². The van der Waals surface area contributed by atoms with Crippen LogP contribution in [-0.2, 0) is 6.54 Å². The summed E-state index contributed by atoms with van der Waals surface area (Å²) >= 11 is 1.60. The van der Waals surface area contributed by atoms with E-state index in [1.165, 1.54) is 0 Å². The Morgan fingerprint density at radius 1 is 1.33 bits per heavy atom. The predicted molar refractivity (Wildman–Crippen MR) is 71.8 cm³/mol. The topological polar surface area (TPSA) is 54.4 Å². The van der Waals surface area contributed by atoms with Gasteiger partial charge in [0.2, 0.25) is 0 Å². The van der Waals surface area contributed by atoms with E-state index >= 15 is 0 Å². The molecule has 0 amide bonds. The quantitative estimate of drug-likeness (QED) is 0.799. The zero-order chi connectivity index (χ0) is 12.6. The normalized spacial score (nSPS) is 12.3. The number of benzene rings is 1. The molecule has 0 saturated heterocycles. The summed E-state index contributed by atoms with van der Waals surface area (Å²) < 4.78 is 5.46. The van der Waals surface area contributed by atoms with Gasteiger partial charge in [-0.3, -0.25) is 4.98 Å². The van der Waals surface area contributed by atoms with Crippen molar-refractivity contribution >= 4 is 11.3 Å². The van der Waals surface area contributed by atoms with Crippen molar-refractivity contribution in [3.05, 3.63) is 46.9 Å². The summed E-state index contributed by atoms with van der Waals surface area (Å²) in [6.45, 7) is 1.53. The number of aromatic nitrogens is 1. The van der Waals surface area contributed by atoms with Gasteiger partial charge in [-0.05, 0) is 12.1 Å². The minimum atomic E-state index is -0.516. The molecule has 0 saturated carbocycles. The maximum atomic E-state index is 9.74. The molecule has 2 N–H and O–H groups in total. The lowest BCUT2D eigenvalue weighted by molar-refractivity contribution is 0.106. The van der Waals surface area contributed by atoms with Crippen molar-refractivity contribution < 1.29 is 9.84 Å². The van der Waals surface area contributed by atoms with Gasteiger partial charge in [0.05, 0.1) is 5.51 Å². The van der Waals surface area contributed by atoms with Gasteiger partial charge in [-0.15, -0.1) is 11.3 Å². The second kappa shape index (κ2) is 7.10. The molecule has 0 bridgehead atoms. The van der Waals surface area contributed by atoms with Crippen molar-refractivity contribution in [1.82, 2.24) is 10.3 Å². The molecule has 1 heterocycles. The Morgan fingerprint density at radius 2 is 2.17 bits per heavy atom. The zero-order valence-corrected chi connectivity index (χ0v) is 10.8. The Kier molecular flexibility index (Phi) is 5.14. The summed E-state index contributed by atoms with van der Waals surface area (Å²) in [4.78, 5) is 5.15. The third-order valence-electron chi connectivity index (χ3n) is 2.35. The number of ether oxygens (including phenoxy) is 1. The average Bonchev–Trinajstić information content (AvgIpc) is 2.91. The van der Waals surface area contributed by atoms with Crippen LogP contribution >= 0.6 is 11.3 Å². The van der Waals surface area contributed by atoms with Gasteiger partial charge in [0.25, 0.3) is 0 Å². The van der Waals surface area contributed by atoms with E-state index in [2.05, 4.69) is 10.3 Å². The number of nitrogens with one attached hydrogen (secondary N) is 1. The lowest BCUT2D eigenvalue weighted by atomic mass is 10.3. The highest BCUT2D eigenvalue weighted by molar-refractivity contribution is 7.09. The molecule has 5 heteroatoms. The van der Waals surface area contributed by atoms with Crippen molar-refractivity contribution in [3.63, 3.8) is 0 Å². The standard InChI is InChI=1S/C13H16N2O2S/c16-11(6-14-7-13-8-15-10-18-13)9-17-12-4-2-1-3-5-12/h1-5,8,10-11,14,16H,6-7,9H2. The molecule has 0 spiro atoms. The molecular formula is C13H16N2O2S. The maximum absolute atomic E-state index is 9.74. The molecular weight excluding hydrogens is 248 g/mol. The van der Waals surface area contributed by atoms with Crippen LogP contribution in [0.1, 0.15) is 4.88 Å². The van der Waals surface area contributed by atoms with Crippen LogP contribution in [0.3, 0.4) is 0 Å². The van der Waals surface area contributed by atoms with Crippen molar-refractivity contribution in [2.45, 2.75) is 12.6 Å². The Bertz CT molecular complexity index is 434. The van der Waals surface area contributed by atoms with Crippen LogP contribution < -0.4 is 10.1 Å². The first kappa shape index (κ1) is 13.0. The van der Waals surface area contributed by atoms with E-state index in [1.54, 1.807) is 16.8 Å². The first-order valence-electron chi connectivity index (χ1n) is 5.78. The summed E-state index contributed by atoms with van der Waals surface area (Å²) in [5.41, 5.74) is 1.80. The summed E-state index contributed by atoms with van der Waals surface area (Å²) in [5, 5.41) is 12.9. The van der Waals surface area contributed by atoms with Crippen LogP contribution in [0.15, 0.2) is 42.0 Å². The first-order valence-corrected chi connectivity index (χ1v) is 6.66. The largest absolute Gasteiger partial charge is 0.491 e. The molecule has 0 radical (unpaired) electrons. The molecule has 1 unspecified atom stereocenters. The second-order valence-corrected chi connectivity index (χ2v) is 4.85. The SMILES string of the molecule is OC(CNCc1cncs1)COc1ccccc1. The molecule has 1 aromatic carbocycles.